The van der Waals surface area contributed by atoms with Crippen molar-refractivity contribution < 1.29 is 0 Å². The van der Waals surface area contributed by atoms with Gasteiger partial charge in [0.2, 0.25) is 0 Å². The van der Waals surface area contributed by atoms with Gasteiger partial charge in [0.05, 0.1) is 5.41 Å². The maximum absolute atomic E-state index is 4.35. The molecule has 0 saturated heterocycles. The van der Waals surface area contributed by atoms with E-state index >= 15 is 0 Å². The maximum Gasteiger partial charge on any atom is 0.0726 e. The van der Waals surface area contributed by atoms with E-state index < -0.39 is 5.41 Å². The molecule has 0 aliphatic heterocycles. The van der Waals surface area contributed by atoms with E-state index in [1.54, 1.807) is 0 Å². The topological polar surface area (TPSA) is 0 Å². The van der Waals surface area contributed by atoms with Crippen molar-refractivity contribution in [3.8, 4) is 44.5 Å². The lowest BCUT2D eigenvalue weighted by Crippen LogP contribution is -2.26. The van der Waals surface area contributed by atoms with Crippen LogP contribution in [0.15, 0.2) is 170 Å². The molecule has 0 heteroatoms. The van der Waals surface area contributed by atoms with Crippen LogP contribution in [0, 0.1) is 0 Å². The molecule has 46 heavy (non-hydrogen) atoms. The van der Waals surface area contributed by atoms with Crippen molar-refractivity contribution in [3.05, 3.63) is 198 Å². The van der Waals surface area contributed by atoms with Crippen LogP contribution in [0.5, 0.6) is 0 Å². The highest BCUT2D eigenvalue weighted by atomic mass is 14.5. The fraction of sp³-hybridized carbons (Fsp3) is 0.0435. The van der Waals surface area contributed by atoms with Crippen LogP contribution in [-0.2, 0) is 5.41 Å². The van der Waals surface area contributed by atoms with E-state index in [0.29, 0.717) is 0 Å². The number of benzene rings is 7. The van der Waals surface area contributed by atoms with E-state index in [1.165, 1.54) is 77.5 Å². The Labute approximate surface area is 270 Å². The SMILES string of the molecule is C=C(/C=C\C)c1cccc(-c2cc3c(c4ccccc24)-c2ccc(-c4ccccc4)cc2C32c3ccccc3-c3ccccc32)c1. The Hall–Kier alpha value is -5.72. The second-order valence-electron chi connectivity index (χ2n) is 12.5. The molecule has 7 aromatic carbocycles. The Morgan fingerprint density at radius 2 is 1.13 bits per heavy atom. The Bertz CT molecular complexity index is 2340. The van der Waals surface area contributed by atoms with E-state index in [1.807, 2.05) is 6.92 Å². The van der Waals surface area contributed by atoms with Gasteiger partial charge in [-0.3, -0.25) is 0 Å². The summed E-state index contributed by atoms with van der Waals surface area (Å²) in [7, 11) is 0. The van der Waals surface area contributed by atoms with Crippen molar-refractivity contribution in [2.75, 3.05) is 0 Å². The third-order valence-corrected chi connectivity index (χ3v) is 10.1. The summed E-state index contributed by atoms with van der Waals surface area (Å²) < 4.78 is 0. The van der Waals surface area contributed by atoms with E-state index in [-0.39, 0.29) is 0 Å². The molecule has 0 unspecified atom stereocenters. The van der Waals surface area contributed by atoms with Crippen molar-refractivity contribution in [2.45, 2.75) is 12.3 Å². The average Bonchev–Trinajstić information content (AvgIpc) is 3.59. The highest BCUT2D eigenvalue weighted by Gasteiger charge is 2.52. The van der Waals surface area contributed by atoms with Gasteiger partial charge in [-0.25, -0.2) is 0 Å². The van der Waals surface area contributed by atoms with Crippen molar-refractivity contribution in [1.29, 1.82) is 0 Å². The normalized spacial score (nSPS) is 13.5. The zero-order valence-electron chi connectivity index (χ0n) is 25.8. The molecular weight excluding hydrogens is 553 g/mol. The first-order chi connectivity index (χ1) is 22.7. The minimum atomic E-state index is -0.437. The number of hydrogen-bond donors (Lipinski definition) is 0. The second kappa shape index (κ2) is 10.2. The average molecular weight is 585 g/mol. The summed E-state index contributed by atoms with van der Waals surface area (Å²) in [5.41, 5.74) is 17.4. The van der Waals surface area contributed by atoms with Gasteiger partial charge in [-0.15, -0.1) is 0 Å². The Morgan fingerprint density at radius 3 is 1.87 bits per heavy atom. The van der Waals surface area contributed by atoms with Gasteiger partial charge in [0.1, 0.15) is 0 Å². The number of fused-ring (bicyclic) bond motifs is 12. The van der Waals surface area contributed by atoms with Gasteiger partial charge >= 0.3 is 0 Å². The molecule has 0 amide bonds. The molecule has 0 radical (unpaired) electrons. The molecule has 0 nitrogen and oxygen atoms in total. The van der Waals surface area contributed by atoms with Crippen molar-refractivity contribution in [2.24, 2.45) is 0 Å². The fourth-order valence-electron chi connectivity index (χ4n) is 8.23. The van der Waals surface area contributed by atoms with Crippen LogP contribution in [0.1, 0.15) is 34.7 Å². The van der Waals surface area contributed by atoms with Crippen LogP contribution in [0.2, 0.25) is 0 Å². The molecule has 2 aliphatic carbocycles. The predicted molar refractivity (Wildman–Crippen MR) is 195 cm³/mol. The van der Waals surface area contributed by atoms with E-state index in [0.717, 1.165) is 11.1 Å². The summed E-state index contributed by atoms with van der Waals surface area (Å²) in [5, 5.41) is 2.56. The lowest BCUT2D eigenvalue weighted by molar-refractivity contribution is 0.795. The highest BCUT2D eigenvalue weighted by molar-refractivity contribution is 6.11. The second-order valence-corrected chi connectivity index (χ2v) is 12.5. The summed E-state index contributed by atoms with van der Waals surface area (Å²) in [5.74, 6) is 0. The first kappa shape index (κ1) is 26.7. The number of allylic oxidation sites excluding steroid dienone is 3. The van der Waals surface area contributed by atoms with Gasteiger partial charge in [0.25, 0.3) is 0 Å². The fourth-order valence-corrected chi connectivity index (χ4v) is 8.23. The molecule has 0 atom stereocenters. The number of hydrogen-bond acceptors (Lipinski definition) is 0. The molecule has 0 heterocycles. The summed E-state index contributed by atoms with van der Waals surface area (Å²) in [6.45, 7) is 6.39. The minimum Gasteiger partial charge on any atom is -0.0912 e. The monoisotopic (exact) mass is 584 g/mol. The molecule has 0 N–H and O–H groups in total. The quantitative estimate of drug-likeness (QED) is 0.181. The van der Waals surface area contributed by atoms with Gasteiger partial charge in [0, 0.05) is 0 Å². The molecule has 0 aromatic heterocycles. The highest BCUT2D eigenvalue weighted by Crippen LogP contribution is 2.64. The largest absolute Gasteiger partial charge is 0.0912 e. The van der Waals surface area contributed by atoms with E-state index in [4.69, 9.17) is 0 Å². The van der Waals surface area contributed by atoms with Crippen molar-refractivity contribution >= 4 is 16.3 Å². The molecule has 7 aromatic rings. The summed E-state index contributed by atoms with van der Waals surface area (Å²) in [4.78, 5) is 0. The van der Waals surface area contributed by atoms with Gasteiger partial charge in [-0.2, -0.15) is 0 Å². The van der Waals surface area contributed by atoms with Crippen LogP contribution in [0.25, 0.3) is 60.9 Å². The first-order valence-electron chi connectivity index (χ1n) is 16.1. The molecule has 0 bridgehead atoms. The molecule has 2 aliphatic rings. The van der Waals surface area contributed by atoms with Crippen LogP contribution < -0.4 is 0 Å². The summed E-state index contributed by atoms with van der Waals surface area (Å²) in [6, 6.07) is 56.4. The van der Waals surface area contributed by atoms with Crippen LogP contribution in [0.4, 0.5) is 0 Å². The standard InChI is InChI=1S/C46H32/c1-3-14-30(2)32-17-13-18-34(27-32)40-29-44-45(38-22-8-7-19-35(38)40)39-26-25-33(31-15-5-4-6-16-31)28-43(39)46(44)41-23-11-9-20-36(41)37-21-10-12-24-42(37)46/h3-29H,2H2,1H3/b14-3-. The van der Waals surface area contributed by atoms with E-state index in [9.17, 15) is 0 Å². The van der Waals surface area contributed by atoms with Gasteiger partial charge in [-0.1, -0.05) is 152 Å². The van der Waals surface area contributed by atoms with Crippen LogP contribution in [0.3, 0.4) is 0 Å². The molecule has 0 saturated carbocycles. The number of rotatable bonds is 4. The van der Waals surface area contributed by atoms with Crippen molar-refractivity contribution in [3.63, 3.8) is 0 Å². The Kier molecular flexibility index (Phi) is 5.89. The minimum absolute atomic E-state index is 0.437. The molecule has 1 spiro atoms. The Balaban J connectivity index is 1.43. The third kappa shape index (κ3) is 3.62. The molecular formula is C46H32. The van der Waals surface area contributed by atoms with Gasteiger partial charge < -0.3 is 0 Å². The van der Waals surface area contributed by atoms with Gasteiger partial charge in [0.15, 0.2) is 0 Å². The predicted octanol–water partition coefficient (Wildman–Crippen LogP) is 12.1. The third-order valence-electron chi connectivity index (χ3n) is 10.1. The molecule has 9 rings (SSSR count). The first-order valence-corrected chi connectivity index (χ1v) is 16.1. The summed E-state index contributed by atoms with van der Waals surface area (Å²) >= 11 is 0. The van der Waals surface area contributed by atoms with Crippen LogP contribution >= 0.6 is 0 Å². The zero-order valence-corrected chi connectivity index (χ0v) is 25.8. The van der Waals surface area contributed by atoms with E-state index in [2.05, 4.69) is 170 Å². The molecule has 0 fully saturated rings. The zero-order chi connectivity index (χ0) is 30.8. The van der Waals surface area contributed by atoms with Gasteiger partial charge in [-0.05, 0) is 114 Å². The lowest BCUT2D eigenvalue weighted by Gasteiger charge is -2.31. The smallest absolute Gasteiger partial charge is 0.0726 e. The Morgan fingerprint density at radius 1 is 0.478 bits per heavy atom. The maximum atomic E-state index is 4.35. The molecule has 216 valence electrons. The van der Waals surface area contributed by atoms with Crippen LogP contribution in [-0.4, -0.2) is 0 Å². The lowest BCUT2D eigenvalue weighted by atomic mass is 9.69. The summed E-state index contributed by atoms with van der Waals surface area (Å²) in [6.07, 6.45) is 4.14. The van der Waals surface area contributed by atoms with Crippen molar-refractivity contribution in [1.82, 2.24) is 0 Å².